The van der Waals surface area contributed by atoms with E-state index < -0.39 is 0 Å². The lowest BCUT2D eigenvalue weighted by Crippen LogP contribution is -1.85. The Labute approximate surface area is 70.7 Å². The van der Waals surface area contributed by atoms with Crippen LogP contribution in [-0.2, 0) is 7.05 Å². The van der Waals surface area contributed by atoms with Gasteiger partial charge in [0.05, 0.1) is 6.20 Å². The van der Waals surface area contributed by atoms with Gasteiger partial charge in [0.2, 0.25) is 0 Å². The number of aryl methyl sites for hydroxylation is 1. The number of hydrogen-bond acceptors (Lipinski definition) is 2. The van der Waals surface area contributed by atoms with Crippen LogP contribution in [0.2, 0.25) is 0 Å². The first kappa shape index (κ1) is 8.27. The average Bonchev–Trinajstić information content (AvgIpc) is 2.31. The molecule has 1 aromatic rings. The van der Waals surface area contributed by atoms with Crippen molar-refractivity contribution in [1.82, 2.24) is 15.0 Å². The minimum absolute atomic E-state index is 0.0389. The van der Waals surface area contributed by atoms with Crippen LogP contribution in [0.3, 0.4) is 0 Å². The van der Waals surface area contributed by atoms with Gasteiger partial charge in [-0.2, -0.15) is 0 Å². The molecule has 0 radical (unpaired) electrons. The highest BCUT2D eigenvalue weighted by molar-refractivity contribution is 6.21. The zero-order chi connectivity index (χ0) is 8.27. The van der Waals surface area contributed by atoms with Crippen molar-refractivity contribution in [2.24, 2.45) is 7.05 Å². The summed E-state index contributed by atoms with van der Waals surface area (Å²) in [5.74, 6) is 0. The third-order valence-electron chi connectivity index (χ3n) is 1.15. The minimum atomic E-state index is 0.0389. The summed E-state index contributed by atoms with van der Waals surface area (Å²) in [5.41, 5.74) is 0.833. The zero-order valence-electron chi connectivity index (χ0n) is 6.53. The first-order chi connectivity index (χ1) is 5.18. The van der Waals surface area contributed by atoms with E-state index in [2.05, 4.69) is 10.3 Å². The van der Waals surface area contributed by atoms with E-state index in [-0.39, 0.29) is 5.38 Å². The first-order valence-electron chi connectivity index (χ1n) is 3.37. The van der Waals surface area contributed by atoms with Crippen LogP contribution in [0.1, 0.15) is 12.6 Å². The van der Waals surface area contributed by atoms with E-state index in [0.717, 1.165) is 5.69 Å². The Hall–Kier alpha value is -0.830. The third-order valence-corrected chi connectivity index (χ3v) is 1.30. The largest absolute Gasteiger partial charge is 0.255 e. The van der Waals surface area contributed by atoms with Gasteiger partial charge in [0.15, 0.2) is 0 Å². The summed E-state index contributed by atoms with van der Waals surface area (Å²) in [6.07, 6.45) is 5.55. The molecular formula is C7H10ClN3. The Balaban J connectivity index is 2.64. The number of nitrogens with zero attached hydrogens (tertiary/aromatic N) is 3. The second-order valence-corrected chi connectivity index (χ2v) is 3.04. The van der Waals surface area contributed by atoms with Crippen molar-refractivity contribution in [3.8, 4) is 0 Å². The van der Waals surface area contributed by atoms with E-state index in [1.807, 2.05) is 32.3 Å². The molecule has 1 aromatic heterocycles. The average molecular weight is 172 g/mol. The summed E-state index contributed by atoms with van der Waals surface area (Å²) in [6.45, 7) is 1.90. The van der Waals surface area contributed by atoms with Crippen LogP contribution in [0.4, 0.5) is 0 Å². The maximum Gasteiger partial charge on any atom is 0.105 e. The smallest absolute Gasteiger partial charge is 0.105 e. The molecule has 1 unspecified atom stereocenters. The summed E-state index contributed by atoms with van der Waals surface area (Å²) < 4.78 is 1.65. The van der Waals surface area contributed by atoms with Crippen molar-refractivity contribution in [1.29, 1.82) is 0 Å². The first-order valence-corrected chi connectivity index (χ1v) is 3.81. The third kappa shape index (κ3) is 2.72. The van der Waals surface area contributed by atoms with Crippen LogP contribution in [0, 0.1) is 0 Å². The van der Waals surface area contributed by atoms with Crippen molar-refractivity contribution >= 4 is 17.7 Å². The standard InChI is InChI=1S/C7H10ClN3/c1-6(8)3-4-7-5-11(2)10-9-7/h3-6H,1-2H3/b4-3+. The molecule has 0 aliphatic carbocycles. The molecule has 1 heterocycles. The Morgan fingerprint density at radius 2 is 2.45 bits per heavy atom. The van der Waals surface area contributed by atoms with E-state index in [1.165, 1.54) is 0 Å². The van der Waals surface area contributed by atoms with Crippen molar-refractivity contribution in [3.05, 3.63) is 18.0 Å². The zero-order valence-corrected chi connectivity index (χ0v) is 7.28. The minimum Gasteiger partial charge on any atom is -0.255 e. The van der Waals surface area contributed by atoms with Gasteiger partial charge in [-0.3, -0.25) is 4.68 Å². The van der Waals surface area contributed by atoms with Crippen molar-refractivity contribution in [2.45, 2.75) is 12.3 Å². The summed E-state index contributed by atoms with van der Waals surface area (Å²) in [5, 5.41) is 7.66. The summed E-state index contributed by atoms with van der Waals surface area (Å²) in [6, 6.07) is 0. The predicted molar refractivity (Wildman–Crippen MR) is 45.4 cm³/mol. The fourth-order valence-electron chi connectivity index (χ4n) is 0.673. The van der Waals surface area contributed by atoms with Crippen LogP contribution in [0.5, 0.6) is 0 Å². The summed E-state index contributed by atoms with van der Waals surface area (Å²) in [4.78, 5) is 0. The van der Waals surface area contributed by atoms with Gasteiger partial charge in [0.25, 0.3) is 0 Å². The molecule has 60 valence electrons. The highest BCUT2D eigenvalue weighted by atomic mass is 35.5. The molecule has 0 saturated heterocycles. The number of hydrogen-bond donors (Lipinski definition) is 0. The fraction of sp³-hybridized carbons (Fsp3) is 0.429. The van der Waals surface area contributed by atoms with E-state index in [4.69, 9.17) is 11.6 Å². The molecule has 1 atom stereocenters. The Bertz CT molecular complexity index is 252. The second-order valence-electron chi connectivity index (χ2n) is 2.35. The molecule has 4 heteroatoms. The van der Waals surface area contributed by atoms with Crippen LogP contribution in [0.25, 0.3) is 6.08 Å². The Morgan fingerprint density at radius 1 is 1.73 bits per heavy atom. The predicted octanol–water partition coefficient (Wildman–Crippen LogP) is 1.46. The Morgan fingerprint density at radius 3 is 2.91 bits per heavy atom. The molecule has 0 fully saturated rings. The highest BCUT2D eigenvalue weighted by Crippen LogP contribution is 2.00. The Kier molecular flexibility index (Phi) is 2.65. The maximum atomic E-state index is 5.69. The van der Waals surface area contributed by atoms with Gasteiger partial charge in [0.1, 0.15) is 5.69 Å². The molecule has 0 N–H and O–H groups in total. The van der Waals surface area contributed by atoms with E-state index in [9.17, 15) is 0 Å². The molecule has 0 aromatic carbocycles. The van der Waals surface area contributed by atoms with E-state index in [1.54, 1.807) is 4.68 Å². The van der Waals surface area contributed by atoms with E-state index in [0.29, 0.717) is 0 Å². The lowest BCUT2D eigenvalue weighted by Gasteiger charge is -1.87. The van der Waals surface area contributed by atoms with Crippen LogP contribution < -0.4 is 0 Å². The molecular weight excluding hydrogens is 162 g/mol. The number of alkyl halides is 1. The van der Waals surface area contributed by atoms with Gasteiger partial charge < -0.3 is 0 Å². The molecule has 3 nitrogen and oxygen atoms in total. The van der Waals surface area contributed by atoms with Gasteiger partial charge in [-0.25, -0.2) is 0 Å². The number of allylic oxidation sites excluding steroid dienone is 1. The molecule has 11 heavy (non-hydrogen) atoms. The number of aromatic nitrogens is 3. The normalized spacial score (nSPS) is 14.1. The van der Waals surface area contributed by atoms with Gasteiger partial charge in [-0.1, -0.05) is 11.3 Å². The van der Waals surface area contributed by atoms with Crippen molar-refractivity contribution < 1.29 is 0 Å². The van der Waals surface area contributed by atoms with Crippen LogP contribution in [0.15, 0.2) is 12.3 Å². The lowest BCUT2D eigenvalue weighted by atomic mass is 10.3. The lowest BCUT2D eigenvalue weighted by molar-refractivity contribution is 0.714. The van der Waals surface area contributed by atoms with E-state index >= 15 is 0 Å². The quantitative estimate of drug-likeness (QED) is 0.631. The fourth-order valence-corrected chi connectivity index (χ4v) is 0.746. The molecule has 0 saturated carbocycles. The summed E-state index contributed by atoms with van der Waals surface area (Å²) in [7, 11) is 1.83. The SMILES string of the molecule is CC(Cl)/C=C/c1cn(C)nn1. The van der Waals surface area contributed by atoms with Gasteiger partial charge in [-0.15, -0.1) is 16.7 Å². The molecule has 0 amide bonds. The molecule has 0 aliphatic heterocycles. The number of rotatable bonds is 2. The van der Waals surface area contributed by atoms with Crippen LogP contribution >= 0.6 is 11.6 Å². The summed E-state index contributed by atoms with van der Waals surface area (Å²) >= 11 is 5.69. The van der Waals surface area contributed by atoms with Crippen LogP contribution in [-0.4, -0.2) is 20.4 Å². The van der Waals surface area contributed by atoms with Gasteiger partial charge in [-0.05, 0) is 13.0 Å². The molecule has 1 rings (SSSR count). The van der Waals surface area contributed by atoms with Gasteiger partial charge >= 0.3 is 0 Å². The van der Waals surface area contributed by atoms with Crippen molar-refractivity contribution in [2.75, 3.05) is 0 Å². The highest BCUT2D eigenvalue weighted by Gasteiger charge is 1.92. The topological polar surface area (TPSA) is 30.7 Å². The molecule has 0 bridgehead atoms. The van der Waals surface area contributed by atoms with Crippen molar-refractivity contribution in [3.63, 3.8) is 0 Å². The molecule has 0 spiro atoms. The molecule has 0 aliphatic rings. The maximum absolute atomic E-state index is 5.69. The second kappa shape index (κ2) is 3.53. The number of halogens is 1. The van der Waals surface area contributed by atoms with Gasteiger partial charge in [0, 0.05) is 12.4 Å². The monoisotopic (exact) mass is 171 g/mol.